The van der Waals surface area contributed by atoms with Crippen LogP contribution in [-0.2, 0) is 16.3 Å². The number of sulfone groups is 1. The molecule has 0 spiro atoms. The lowest BCUT2D eigenvalue weighted by Crippen LogP contribution is -2.30. The van der Waals surface area contributed by atoms with Gasteiger partial charge in [0.2, 0.25) is 5.88 Å². The molecule has 2 aromatic heterocycles. The fourth-order valence-electron chi connectivity index (χ4n) is 3.56. The monoisotopic (exact) mass is 469 g/mol. The quantitative estimate of drug-likeness (QED) is 0.526. The van der Waals surface area contributed by atoms with Crippen LogP contribution in [0.1, 0.15) is 38.2 Å². The summed E-state index contributed by atoms with van der Waals surface area (Å²) < 4.78 is 35.0. The minimum atomic E-state index is -3.22. The summed E-state index contributed by atoms with van der Waals surface area (Å²) in [7, 11) is -3.22. The zero-order chi connectivity index (χ0) is 23.3. The predicted molar refractivity (Wildman–Crippen MR) is 124 cm³/mol. The molecule has 10 heteroatoms. The third kappa shape index (κ3) is 6.38. The summed E-state index contributed by atoms with van der Waals surface area (Å²) in [5.41, 5.74) is 1.81. The SMILES string of the molecule is CCc1cnc(OC2CCC(Oc3ccc(Nc4ccc(S(C)(=O)=O)cc4)nn3)CC2)nc1. The van der Waals surface area contributed by atoms with Crippen LogP contribution in [0.3, 0.4) is 0 Å². The van der Waals surface area contributed by atoms with E-state index in [9.17, 15) is 8.42 Å². The van der Waals surface area contributed by atoms with Gasteiger partial charge in [0.05, 0.1) is 4.90 Å². The van der Waals surface area contributed by atoms with Gasteiger partial charge < -0.3 is 14.8 Å². The van der Waals surface area contributed by atoms with Gasteiger partial charge in [-0.2, -0.15) is 0 Å². The smallest absolute Gasteiger partial charge is 0.316 e. The first-order chi connectivity index (χ1) is 15.9. The van der Waals surface area contributed by atoms with Gasteiger partial charge in [-0.25, -0.2) is 18.4 Å². The molecule has 0 aliphatic heterocycles. The summed E-state index contributed by atoms with van der Waals surface area (Å²) in [6.07, 6.45) is 9.27. The van der Waals surface area contributed by atoms with Crippen LogP contribution in [0.15, 0.2) is 53.7 Å². The molecule has 1 N–H and O–H groups in total. The third-order valence-electron chi connectivity index (χ3n) is 5.47. The molecule has 1 aromatic carbocycles. The maximum absolute atomic E-state index is 11.6. The largest absolute Gasteiger partial charge is 0.473 e. The van der Waals surface area contributed by atoms with E-state index in [4.69, 9.17) is 9.47 Å². The molecule has 1 aliphatic carbocycles. The van der Waals surface area contributed by atoms with Gasteiger partial charge in [-0.3, -0.25) is 0 Å². The molecule has 0 atom stereocenters. The van der Waals surface area contributed by atoms with Gasteiger partial charge in [0.1, 0.15) is 12.2 Å². The second kappa shape index (κ2) is 10.1. The molecule has 2 heterocycles. The lowest BCUT2D eigenvalue weighted by atomic mass is 9.95. The average molecular weight is 470 g/mol. The first kappa shape index (κ1) is 22.9. The van der Waals surface area contributed by atoms with Gasteiger partial charge >= 0.3 is 6.01 Å². The molecular formula is C23H27N5O4S. The first-order valence-electron chi connectivity index (χ1n) is 10.9. The van der Waals surface area contributed by atoms with E-state index in [1.165, 1.54) is 6.26 Å². The number of nitrogens with zero attached hydrogens (tertiary/aromatic N) is 4. The van der Waals surface area contributed by atoms with Crippen LogP contribution in [-0.4, -0.2) is 47.0 Å². The molecule has 3 aromatic rings. The molecule has 1 aliphatic rings. The van der Waals surface area contributed by atoms with Crippen LogP contribution >= 0.6 is 0 Å². The van der Waals surface area contributed by atoms with Gasteiger partial charge in [-0.1, -0.05) is 6.92 Å². The number of hydrogen-bond donors (Lipinski definition) is 1. The van der Waals surface area contributed by atoms with Gasteiger partial charge in [-0.15, -0.1) is 10.2 Å². The number of ether oxygens (including phenoxy) is 2. The Bertz CT molecular complexity index is 1140. The minimum Gasteiger partial charge on any atom is -0.473 e. The summed E-state index contributed by atoms with van der Waals surface area (Å²) in [4.78, 5) is 8.80. The molecule has 0 radical (unpaired) electrons. The lowest BCUT2D eigenvalue weighted by Gasteiger charge is -2.28. The van der Waals surface area contributed by atoms with E-state index in [-0.39, 0.29) is 17.1 Å². The Morgan fingerprint density at radius 1 is 0.909 bits per heavy atom. The van der Waals surface area contributed by atoms with Crippen molar-refractivity contribution in [2.24, 2.45) is 0 Å². The van der Waals surface area contributed by atoms with Gasteiger partial charge in [0, 0.05) is 30.4 Å². The zero-order valence-electron chi connectivity index (χ0n) is 18.6. The molecule has 9 nitrogen and oxygen atoms in total. The van der Waals surface area contributed by atoms with E-state index in [2.05, 4.69) is 32.4 Å². The highest BCUT2D eigenvalue weighted by Gasteiger charge is 2.24. The summed E-state index contributed by atoms with van der Waals surface area (Å²) >= 11 is 0. The number of benzene rings is 1. The highest BCUT2D eigenvalue weighted by Crippen LogP contribution is 2.26. The van der Waals surface area contributed by atoms with Crippen LogP contribution in [0.25, 0.3) is 0 Å². The second-order valence-corrected chi connectivity index (χ2v) is 10.1. The number of rotatable bonds is 8. The molecule has 1 fully saturated rings. The summed E-state index contributed by atoms with van der Waals surface area (Å²) in [6.45, 7) is 2.07. The normalized spacial score (nSPS) is 18.5. The van der Waals surface area contributed by atoms with Crippen LogP contribution < -0.4 is 14.8 Å². The van der Waals surface area contributed by atoms with E-state index in [0.29, 0.717) is 17.7 Å². The number of aromatic nitrogens is 4. The Balaban J connectivity index is 1.24. The van der Waals surface area contributed by atoms with Crippen LogP contribution in [0.2, 0.25) is 0 Å². The van der Waals surface area contributed by atoms with Crippen molar-refractivity contribution in [2.45, 2.75) is 56.1 Å². The highest BCUT2D eigenvalue weighted by atomic mass is 32.2. The molecule has 0 bridgehead atoms. The van der Waals surface area contributed by atoms with E-state index in [0.717, 1.165) is 43.4 Å². The standard InChI is InChI=1S/C23H27N5O4S/c1-3-16-14-24-23(25-15-16)32-19-8-6-18(7-9-19)31-22-13-12-21(27-28-22)26-17-4-10-20(11-5-17)33(2,29)30/h4-5,10-15,18-19H,3,6-9H2,1-2H3,(H,26,27). The molecule has 0 unspecified atom stereocenters. The van der Waals surface area contributed by atoms with Crippen molar-refractivity contribution in [1.29, 1.82) is 0 Å². The number of hydrogen-bond acceptors (Lipinski definition) is 9. The Labute approximate surface area is 193 Å². The van der Waals surface area contributed by atoms with E-state index >= 15 is 0 Å². The molecule has 1 saturated carbocycles. The fourth-order valence-corrected chi connectivity index (χ4v) is 4.19. The van der Waals surface area contributed by atoms with Crippen LogP contribution in [0, 0.1) is 0 Å². The topological polar surface area (TPSA) is 116 Å². The summed E-state index contributed by atoms with van der Waals surface area (Å²) in [5.74, 6) is 1.01. The third-order valence-corrected chi connectivity index (χ3v) is 6.59. The van der Waals surface area contributed by atoms with Crippen molar-refractivity contribution in [3.05, 3.63) is 54.4 Å². The van der Waals surface area contributed by atoms with Gasteiger partial charge in [0.25, 0.3) is 0 Å². The van der Waals surface area contributed by atoms with Crippen molar-refractivity contribution < 1.29 is 17.9 Å². The Hall–Kier alpha value is -3.27. The highest BCUT2D eigenvalue weighted by molar-refractivity contribution is 7.90. The Morgan fingerprint density at radius 2 is 1.55 bits per heavy atom. The maximum atomic E-state index is 11.6. The number of anilines is 2. The average Bonchev–Trinajstić information content (AvgIpc) is 2.82. The zero-order valence-corrected chi connectivity index (χ0v) is 19.5. The molecule has 0 amide bonds. The predicted octanol–water partition coefficient (Wildman–Crippen LogP) is 3.75. The molecule has 174 valence electrons. The Kier molecular flexibility index (Phi) is 7.02. The maximum Gasteiger partial charge on any atom is 0.316 e. The van der Waals surface area contributed by atoms with Crippen molar-refractivity contribution >= 4 is 21.3 Å². The van der Waals surface area contributed by atoms with Crippen LogP contribution in [0.5, 0.6) is 11.9 Å². The van der Waals surface area contributed by atoms with E-state index < -0.39 is 9.84 Å². The van der Waals surface area contributed by atoms with Crippen LogP contribution in [0.4, 0.5) is 11.5 Å². The molecule has 4 rings (SSSR count). The van der Waals surface area contributed by atoms with E-state index in [1.54, 1.807) is 48.8 Å². The molecular weight excluding hydrogens is 442 g/mol. The number of nitrogens with one attached hydrogen (secondary N) is 1. The van der Waals surface area contributed by atoms with Gasteiger partial charge in [0.15, 0.2) is 15.7 Å². The minimum absolute atomic E-state index is 0.0601. The van der Waals surface area contributed by atoms with Crippen molar-refractivity contribution in [1.82, 2.24) is 20.2 Å². The summed E-state index contributed by atoms with van der Waals surface area (Å²) in [6, 6.07) is 10.4. The summed E-state index contributed by atoms with van der Waals surface area (Å²) in [5, 5.41) is 11.4. The first-order valence-corrected chi connectivity index (χ1v) is 12.8. The van der Waals surface area contributed by atoms with Crippen molar-refractivity contribution in [3.8, 4) is 11.9 Å². The van der Waals surface area contributed by atoms with Gasteiger partial charge in [-0.05, 0) is 68.0 Å². The van der Waals surface area contributed by atoms with Crippen molar-refractivity contribution in [3.63, 3.8) is 0 Å². The lowest BCUT2D eigenvalue weighted by molar-refractivity contribution is 0.0720. The second-order valence-electron chi connectivity index (χ2n) is 8.04. The van der Waals surface area contributed by atoms with E-state index in [1.807, 2.05) is 0 Å². The fraction of sp³-hybridized carbons (Fsp3) is 0.391. The molecule has 33 heavy (non-hydrogen) atoms. The molecule has 0 saturated heterocycles. The Morgan fingerprint density at radius 3 is 2.09 bits per heavy atom. The number of aryl methyl sites for hydroxylation is 1. The van der Waals surface area contributed by atoms with Crippen molar-refractivity contribution in [2.75, 3.05) is 11.6 Å².